The topological polar surface area (TPSA) is 102 Å². The second-order valence-electron chi connectivity index (χ2n) is 6.55. The van der Waals surface area contributed by atoms with Crippen LogP contribution in [-0.4, -0.2) is 36.2 Å². The molecule has 0 fully saturated rings. The van der Waals surface area contributed by atoms with Crippen LogP contribution < -0.4 is 20.7 Å². The minimum Gasteiger partial charge on any atom is -0.488 e. The Hall–Kier alpha value is -4.49. The summed E-state index contributed by atoms with van der Waals surface area (Å²) in [6.45, 7) is 11.4. The maximum atomic E-state index is 14.3. The van der Waals surface area contributed by atoms with Crippen molar-refractivity contribution in [1.29, 1.82) is 0 Å². The number of nitrogens with one attached hydrogen (secondary N) is 3. The first-order valence-electron chi connectivity index (χ1n) is 9.75. The number of amides is 1. The Kier molecular flexibility index (Phi) is 7.88. The molecule has 33 heavy (non-hydrogen) atoms. The van der Waals surface area contributed by atoms with Crippen LogP contribution in [0.1, 0.15) is 0 Å². The fraction of sp³-hybridized carbons (Fsp3) is 0.130. The molecule has 3 rings (SSSR count). The summed E-state index contributed by atoms with van der Waals surface area (Å²) in [7, 11) is 1.53. The quantitative estimate of drug-likeness (QED) is 0.233. The second-order valence-corrected chi connectivity index (χ2v) is 6.55. The second kappa shape index (κ2) is 11.2. The summed E-state index contributed by atoms with van der Waals surface area (Å²) in [5, 5.41) is 8.61. The molecular formula is C23H21FN6O3. The molecule has 3 N–H and O–H groups in total. The first-order valence-corrected chi connectivity index (χ1v) is 9.75. The number of nitrogens with zero attached hydrogens (tertiary/aromatic N) is 3. The molecule has 1 aromatic heterocycles. The van der Waals surface area contributed by atoms with E-state index in [9.17, 15) is 9.18 Å². The fourth-order valence-electron chi connectivity index (χ4n) is 2.67. The van der Waals surface area contributed by atoms with Crippen LogP contribution in [0.25, 0.3) is 4.85 Å². The Morgan fingerprint density at radius 2 is 1.97 bits per heavy atom. The molecule has 0 aliphatic carbocycles. The third-order valence-electron chi connectivity index (χ3n) is 4.20. The highest BCUT2D eigenvalue weighted by Gasteiger charge is 2.11. The Balaban J connectivity index is 1.77. The largest absolute Gasteiger partial charge is 0.488 e. The Labute approximate surface area is 190 Å². The van der Waals surface area contributed by atoms with Crippen LogP contribution in [0.5, 0.6) is 5.75 Å². The van der Waals surface area contributed by atoms with Gasteiger partial charge in [-0.15, -0.1) is 0 Å². The normalized spacial score (nSPS) is 10.1. The molecule has 0 saturated carbocycles. The van der Waals surface area contributed by atoms with E-state index in [4.69, 9.17) is 16.0 Å². The number of carbonyl (C=O) groups excluding carboxylic acids is 1. The minimum absolute atomic E-state index is 0.104. The van der Waals surface area contributed by atoms with Gasteiger partial charge in [-0.3, -0.25) is 4.79 Å². The smallest absolute Gasteiger partial charge is 0.247 e. The van der Waals surface area contributed by atoms with Gasteiger partial charge in [0.25, 0.3) is 0 Å². The average molecular weight is 448 g/mol. The number of hydrogen-bond acceptors (Lipinski definition) is 7. The Morgan fingerprint density at radius 3 is 2.70 bits per heavy atom. The van der Waals surface area contributed by atoms with Crippen LogP contribution in [0.15, 0.2) is 61.3 Å². The number of methoxy groups -OCH3 is 1. The van der Waals surface area contributed by atoms with Gasteiger partial charge in [0.15, 0.2) is 11.6 Å². The molecule has 0 aliphatic heterocycles. The van der Waals surface area contributed by atoms with Gasteiger partial charge in [-0.2, -0.15) is 0 Å². The van der Waals surface area contributed by atoms with Crippen LogP contribution in [0.2, 0.25) is 0 Å². The molecule has 3 aromatic rings. The van der Waals surface area contributed by atoms with E-state index in [2.05, 4.69) is 37.3 Å². The summed E-state index contributed by atoms with van der Waals surface area (Å²) >= 11 is 0. The maximum absolute atomic E-state index is 14.3. The highest BCUT2D eigenvalue weighted by molar-refractivity contribution is 5.99. The van der Waals surface area contributed by atoms with Crippen LogP contribution in [0.3, 0.4) is 0 Å². The first-order chi connectivity index (χ1) is 16.0. The summed E-state index contributed by atoms with van der Waals surface area (Å²) < 4.78 is 24.5. The molecule has 0 radical (unpaired) electrons. The lowest BCUT2D eigenvalue weighted by molar-refractivity contribution is -0.111. The molecule has 0 atom stereocenters. The van der Waals surface area contributed by atoms with E-state index < -0.39 is 5.82 Å². The highest BCUT2D eigenvalue weighted by Crippen LogP contribution is 2.29. The molecule has 1 heterocycles. The van der Waals surface area contributed by atoms with Crippen molar-refractivity contribution in [1.82, 2.24) is 9.97 Å². The third kappa shape index (κ3) is 6.49. The summed E-state index contributed by atoms with van der Waals surface area (Å²) in [6.07, 6.45) is 2.52. The van der Waals surface area contributed by atoms with Crippen LogP contribution >= 0.6 is 0 Å². The van der Waals surface area contributed by atoms with E-state index in [-0.39, 0.29) is 35.7 Å². The summed E-state index contributed by atoms with van der Waals surface area (Å²) in [4.78, 5) is 23.4. The molecule has 0 aliphatic rings. The standard InChI is InChI=1S/C23H21FN6O3/c1-4-21(31)27-15-6-5-7-16(12-15)28-22-19(25-2)14-26-23(30-22)29-17-8-9-20(18(24)13-17)33-11-10-32-3/h4-9,12-14H,1,10-11H2,3H3,(H,27,31)(H2,26,28,29,30). The van der Waals surface area contributed by atoms with Crippen LogP contribution in [-0.2, 0) is 9.53 Å². The van der Waals surface area contributed by atoms with Gasteiger partial charge in [0.05, 0.1) is 13.2 Å². The van der Waals surface area contributed by atoms with Crippen molar-refractivity contribution in [3.05, 3.63) is 78.6 Å². The lowest BCUT2D eigenvalue weighted by Crippen LogP contribution is -2.07. The number of halogens is 1. The number of hydrogen-bond donors (Lipinski definition) is 3. The summed E-state index contributed by atoms with van der Waals surface area (Å²) in [5.74, 6) is -0.383. The number of aromatic nitrogens is 2. The van der Waals surface area contributed by atoms with Crippen molar-refractivity contribution in [3.63, 3.8) is 0 Å². The van der Waals surface area contributed by atoms with Gasteiger partial charge in [0, 0.05) is 36.4 Å². The van der Waals surface area contributed by atoms with Gasteiger partial charge in [0.2, 0.25) is 17.5 Å². The highest BCUT2D eigenvalue weighted by atomic mass is 19.1. The minimum atomic E-state index is -0.550. The molecule has 9 nitrogen and oxygen atoms in total. The fourth-order valence-corrected chi connectivity index (χ4v) is 2.67. The van der Waals surface area contributed by atoms with E-state index in [1.165, 1.54) is 31.5 Å². The van der Waals surface area contributed by atoms with Gasteiger partial charge in [0.1, 0.15) is 12.4 Å². The van der Waals surface area contributed by atoms with E-state index in [1.807, 2.05) is 0 Å². The van der Waals surface area contributed by atoms with E-state index in [0.29, 0.717) is 23.7 Å². The molecule has 0 unspecified atom stereocenters. The monoisotopic (exact) mass is 448 g/mol. The van der Waals surface area contributed by atoms with E-state index in [1.54, 1.807) is 30.3 Å². The van der Waals surface area contributed by atoms with Crippen LogP contribution in [0, 0.1) is 12.4 Å². The van der Waals surface area contributed by atoms with Gasteiger partial charge < -0.3 is 25.4 Å². The molecular weight excluding hydrogens is 427 g/mol. The zero-order valence-electron chi connectivity index (χ0n) is 17.8. The lowest BCUT2D eigenvalue weighted by atomic mass is 10.2. The van der Waals surface area contributed by atoms with Crippen molar-refractivity contribution in [2.45, 2.75) is 0 Å². The predicted octanol–water partition coefficient (Wildman–Crippen LogP) is 4.80. The Morgan fingerprint density at radius 1 is 1.18 bits per heavy atom. The molecule has 0 saturated heterocycles. The van der Waals surface area contributed by atoms with Gasteiger partial charge in [-0.05, 0) is 36.4 Å². The van der Waals surface area contributed by atoms with Crippen molar-refractivity contribution < 1.29 is 18.7 Å². The van der Waals surface area contributed by atoms with Gasteiger partial charge in [-0.1, -0.05) is 12.6 Å². The molecule has 0 spiro atoms. The Bertz CT molecular complexity index is 1200. The maximum Gasteiger partial charge on any atom is 0.247 e. The van der Waals surface area contributed by atoms with Gasteiger partial charge >= 0.3 is 0 Å². The number of carbonyl (C=O) groups is 1. The summed E-state index contributed by atoms with van der Waals surface area (Å²) in [6, 6.07) is 11.3. The van der Waals surface area contributed by atoms with Crippen molar-refractivity contribution in [2.24, 2.45) is 0 Å². The number of anilines is 5. The predicted molar refractivity (Wildman–Crippen MR) is 124 cm³/mol. The van der Waals surface area contributed by atoms with E-state index in [0.717, 1.165) is 0 Å². The SMILES string of the molecule is [C-]#[N+]c1cnc(Nc2ccc(OCCOC)c(F)c2)nc1Nc1cccc(NC(=O)C=C)c1. The van der Waals surface area contributed by atoms with E-state index >= 15 is 0 Å². The zero-order chi connectivity index (χ0) is 23.6. The molecule has 168 valence electrons. The third-order valence-corrected chi connectivity index (χ3v) is 4.20. The van der Waals surface area contributed by atoms with Crippen LogP contribution in [0.4, 0.5) is 38.9 Å². The molecule has 10 heteroatoms. The summed E-state index contributed by atoms with van der Waals surface area (Å²) in [5.41, 5.74) is 1.73. The molecule has 1 amide bonds. The number of rotatable bonds is 10. The van der Waals surface area contributed by atoms with Crippen molar-refractivity contribution in [2.75, 3.05) is 36.3 Å². The zero-order valence-corrected chi connectivity index (χ0v) is 17.8. The number of ether oxygens (including phenoxy) is 2. The molecule has 2 aromatic carbocycles. The molecule has 0 bridgehead atoms. The van der Waals surface area contributed by atoms with Crippen molar-refractivity contribution >= 4 is 40.4 Å². The van der Waals surface area contributed by atoms with Crippen molar-refractivity contribution in [3.8, 4) is 5.75 Å². The lowest BCUT2D eigenvalue weighted by Gasteiger charge is -2.12. The number of benzene rings is 2. The first kappa shape index (κ1) is 23.2. The van der Waals surface area contributed by atoms with Gasteiger partial charge in [-0.25, -0.2) is 19.2 Å². The average Bonchev–Trinajstić information content (AvgIpc) is 2.81.